The Morgan fingerprint density at radius 1 is 1.47 bits per heavy atom. The van der Waals surface area contributed by atoms with Crippen molar-refractivity contribution < 1.29 is 12.8 Å². The van der Waals surface area contributed by atoms with Crippen molar-refractivity contribution in [2.24, 2.45) is 0 Å². The lowest BCUT2D eigenvalue weighted by atomic mass is 10.0. The molecule has 0 bridgehead atoms. The van der Waals surface area contributed by atoms with E-state index in [9.17, 15) is 12.8 Å². The molecule has 0 spiro atoms. The summed E-state index contributed by atoms with van der Waals surface area (Å²) in [6, 6.07) is 4.39. The highest BCUT2D eigenvalue weighted by molar-refractivity contribution is 8.13. The zero-order valence-electron chi connectivity index (χ0n) is 8.13. The van der Waals surface area contributed by atoms with E-state index in [-0.39, 0.29) is 4.90 Å². The summed E-state index contributed by atoms with van der Waals surface area (Å²) in [7, 11) is 1.43. The molecule has 1 atom stereocenters. The first-order valence-electron chi connectivity index (χ1n) is 4.58. The predicted octanol–water partition coefficient (Wildman–Crippen LogP) is 2.75. The Morgan fingerprint density at radius 3 is 2.73 bits per heavy atom. The maximum Gasteiger partial charge on any atom is 0.261 e. The van der Waals surface area contributed by atoms with Gasteiger partial charge in [-0.15, -0.1) is 0 Å². The highest BCUT2D eigenvalue weighted by atomic mass is 35.7. The van der Waals surface area contributed by atoms with E-state index in [2.05, 4.69) is 0 Å². The summed E-state index contributed by atoms with van der Waals surface area (Å²) in [6.07, 6.45) is 1.04. The molecular weight excluding hydrogens is 239 g/mol. The van der Waals surface area contributed by atoms with Crippen LogP contribution in [0, 0.1) is 0 Å². The molecule has 0 N–H and O–H groups in total. The molecule has 0 fully saturated rings. The highest BCUT2D eigenvalue weighted by Gasteiger charge is 2.34. The number of benzene rings is 1. The summed E-state index contributed by atoms with van der Waals surface area (Å²) in [5, 5.41) is 0. The standard InChI is InChI=1S/C10H10ClFO2S/c1-10(12)5-4-7-2-3-8(6-9(7)10)15(11,13)14/h2-3,6H,4-5H2,1H3. The number of rotatable bonds is 1. The van der Waals surface area contributed by atoms with Gasteiger partial charge in [-0.3, -0.25) is 0 Å². The van der Waals surface area contributed by atoms with Gasteiger partial charge in [0.2, 0.25) is 0 Å². The van der Waals surface area contributed by atoms with Crippen LogP contribution in [0.2, 0.25) is 0 Å². The quantitative estimate of drug-likeness (QED) is 0.716. The Bertz CT molecular complexity index is 508. The summed E-state index contributed by atoms with van der Waals surface area (Å²) in [5.74, 6) is 0. The molecule has 82 valence electrons. The van der Waals surface area contributed by atoms with Crippen LogP contribution in [0.25, 0.3) is 0 Å². The van der Waals surface area contributed by atoms with Crippen molar-refractivity contribution >= 4 is 19.7 Å². The molecule has 1 aromatic carbocycles. The third-order valence-electron chi connectivity index (χ3n) is 2.79. The molecule has 5 heteroatoms. The topological polar surface area (TPSA) is 34.1 Å². The maximum atomic E-state index is 13.9. The highest BCUT2D eigenvalue weighted by Crippen LogP contribution is 2.40. The van der Waals surface area contributed by atoms with Crippen molar-refractivity contribution in [3.8, 4) is 0 Å². The molecule has 0 radical (unpaired) electrons. The number of hydrogen-bond donors (Lipinski definition) is 0. The van der Waals surface area contributed by atoms with Crippen LogP contribution in [0.4, 0.5) is 4.39 Å². The largest absolute Gasteiger partial charge is 0.261 e. The van der Waals surface area contributed by atoms with Crippen LogP contribution >= 0.6 is 10.7 Å². The van der Waals surface area contributed by atoms with Crippen LogP contribution in [0.5, 0.6) is 0 Å². The first-order valence-corrected chi connectivity index (χ1v) is 6.89. The van der Waals surface area contributed by atoms with Crippen molar-refractivity contribution in [1.82, 2.24) is 0 Å². The minimum atomic E-state index is -3.77. The predicted molar refractivity (Wildman–Crippen MR) is 56.3 cm³/mol. The number of halogens is 2. The molecule has 0 saturated heterocycles. The van der Waals surface area contributed by atoms with Gasteiger partial charge in [-0.1, -0.05) is 6.07 Å². The van der Waals surface area contributed by atoms with E-state index in [1.165, 1.54) is 19.1 Å². The molecule has 0 aliphatic heterocycles. The average Bonchev–Trinajstić information content (AvgIpc) is 2.41. The molecule has 1 aliphatic rings. The molecule has 15 heavy (non-hydrogen) atoms. The monoisotopic (exact) mass is 248 g/mol. The second kappa shape index (κ2) is 3.19. The SMILES string of the molecule is CC1(F)CCc2ccc(S(=O)(=O)Cl)cc21. The minimum absolute atomic E-state index is 0.0336. The van der Waals surface area contributed by atoms with Crippen LogP contribution in [-0.4, -0.2) is 8.42 Å². The molecule has 1 aromatic rings. The molecule has 2 rings (SSSR count). The van der Waals surface area contributed by atoms with Crippen molar-refractivity contribution in [1.29, 1.82) is 0 Å². The van der Waals surface area contributed by atoms with Gasteiger partial charge in [0.1, 0.15) is 5.67 Å². The number of aryl methyl sites for hydroxylation is 1. The smallest absolute Gasteiger partial charge is 0.239 e. The lowest BCUT2D eigenvalue weighted by molar-refractivity contribution is 0.194. The van der Waals surface area contributed by atoms with Crippen molar-refractivity contribution in [2.45, 2.75) is 30.3 Å². The zero-order chi connectivity index (χ0) is 11.3. The average molecular weight is 249 g/mol. The molecule has 0 saturated carbocycles. The molecule has 1 aliphatic carbocycles. The normalized spacial score (nSPS) is 25.3. The second-order valence-corrected chi connectivity index (χ2v) is 6.52. The number of alkyl halides is 1. The van der Waals surface area contributed by atoms with E-state index in [0.717, 1.165) is 5.56 Å². The van der Waals surface area contributed by atoms with Gasteiger partial charge in [0.25, 0.3) is 9.05 Å². The Labute approximate surface area is 92.5 Å². The summed E-state index contributed by atoms with van der Waals surface area (Å²) in [5.41, 5.74) is -0.124. The van der Waals surface area contributed by atoms with E-state index < -0.39 is 14.7 Å². The van der Waals surface area contributed by atoms with E-state index in [0.29, 0.717) is 18.4 Å². The summed E-state index contributed by atoms with van der Waals surface area (Å²) in [4.78, 5) is -0.0336. The van der Waals surface area contributed by atoms with Crippen LogP contribution in [0.15, 0.2) is 23.1 Å². The van der Waals surface area contributed by atoms with Gasteiger partial charge >= 0.3 is 0 Å². The molecule has 1 unspecified atom stereocenters. The van der Waals surface area contributed by atoms with Gasteiger partial charge in [0.15, 0.2) is 0 Å². The molecular formula is C10H10ClFO2S. The Kier molecular flexibility index (Phi) is 2.32. The molecule has 2 nitrogen and oxygen atoms in total. The first-order chi connectivity index (χ1) is 6.81. The molecule has 0 aromatic heterocycles. The first kappa shape index (κ1) is 10.9. The fraction of sp³-hybridized carbons (Fsp3) is 0.400. The summed E-state index contributed by atoms with van der Waals surface area (Å²) >= 11 is 0. The Balaban J connectivity index is 2.61. The number of hydrogen-bond acceptors (Lipinski definition) is 2. The van der Waals surface area contributed by atoms with Crippen molar-refractivity contribution in [2.75, 3.05) is 0 Å². The Morgan fingerprint density at radius 2 is 2.13 bits per heavy atom. The maximum absolute atomic E-state index is 13.9. The lowest BCUT2D eigenvalue weighted by Crippen LogP contribution is -2.10. The van der Waals surface area contributed by atoms with E-state index in [4.69, 9.17) is 10.7 Å². The van der Waals surface area contributed by atoms with Crippen LogP contribution < -0.4 is 0 Å². The fourth-order valence-corrected chi connectivity index (χ4v) is 2.69. The van der Waals surface area contributed by atoms with Crippen LogP contribution in [-0.2, 0) is 21.1 Å². The van der Waals surface area contributed by atoms with Crippen LogP contribution in [0.1, 0.15) is 24.5 Å². The zero-order valence-corrected chi connectivity index (χ0v) is 9.70. The third kappa shape index (κ3) is 1.88. The van der Waals surface area contributed by atoms with Gasteiger partial charge < -0.3 is 0 Å². The van der Waals surface area contributed by atoms with E-state index >= 15 is 0 Å². The third-order valence-corrected chi connectivity index (χ3v) is 4.14. The van der Waals surface area contributed by atoms with Gasteiger partial charge in [-0.25, -0.2) is 12.8 Å². The summed E-state index contributed by atoms with van der Waals surface area (Å²) < 4.78 is 36.1. The van der Waals surface area contributed by atoms with Gasteiger partial charge in [-0.2, -0.15) is 0 Å². The van der Waals surface area contributed by atoms with Gasteiger partial charge in [0, 0.05) is 10.7 Å². The minimum Gasteiger partial charge on any atom is -0.239 e. The lowest BCUT2D eigenvalue weighted by Gasteiger charge is -2.14. The molecule has 0 amide bonds. The van der Waals surface area contributed by atoms with Crippen molar-refractivity contribution in [3.63, 3.8) is 0 Å². The van der Waals surface area contributed by atoms with Crippen molar-refractivity contribution in [3.05, 3.63) is 29.3 Å². The van der Waals surface area contributed by atoms with Gasteiger partial charge in [-0.05, 0) is 43.0 Å². The molecule has 0 heterocycles. The fourth-order valence-electron chi connectivity index (χ4n) is 1.91. The summed E-state index contributed by atoms with van der Waals surface area (Å²) in [6.45, 7) is 1.46. The van der Waals surface area contributed by atoms with Crippen LogP contribution in [0.3, 0.4) is 0 Å². The number of fused-ring (bicyclic) bond motifs is 1. The van der Waals surface area contributed by atoms with E-state index in [1.54, 1.807) is 6.07 Å². The Hall–Kier alpha value is -0.610. The second-order valence-electron chi connectivity index (χ2n) is 3.95. The van der Waals surface area contributed by atoms with E-state index in [1.807, 2.05) is 0 Å². The van der Waals surface area contributed by atoms with Gasteiger partial charge in [0.05, 0.1) is 4.90 Å².